The molecule has 6 rings (SSSR count). The number of hydrogen-bond acceptors (Lipinski definition) is 6. The van der Waals surface area contributed by atoms with Crippen LogP contribution in [-0.4, -0.2) is 17.6 Å². The Bertz CT molecular complexity index is 1710. The summed E-state index contributed by atoms with van der Waals surface area (Å²) in [6, 6.07) is 22.2. The lowest BCUT2D eigenvalue weighted by Crippen LogP contribution is -2.38. The molecule has 0 saturated heterocycles. The van der Waals surface area contributed by atoms with Crippen LogP contribution >= 0.6 is 11.3 Å². The third-order valence-electron chi connectivity index (χ3n) is 6.75. The molecule has 1 atom stereocenters. The quantitative estimate of drug-likeness (QED) is 0.438. The van der Waals surface area contributed by atoms with Gasteiger partial charge in [-0.2, -0.15) is 0 Å². The molecule has 0 spiro atoms. The number of benzene rings is 3. The second kappa shape index (κ2) is 8.77. The van der Waals surface area contributed by atoms with Gasteiger partial charge in [-0.3, -0.25) is 9.36 Å². The van der Waals surface area contributed by atoms with Crippen LogP contribution < -0.4 is 24.7 Å². The van der Waals surface area contributed by atoms with Gasteiger partial charge in [0.1, 0.15) is 5.75 Å². The zero-order valence-corrected chi connectivity index (χ0v) is 20.2. The minimum absolute atomic E-state index is 0.0967. The highest BCUT2D eigenvalue weighted by Crippen LogP contribution is 2.41. The average Bonchev–Trinajstić information content (AvgIpc) is 3.22. The van der Waals surface area contributed by atoms with Gasteiger partial charge in [0.25, 0.3) is 5.56 Å². The van der Waals surface area contributed by atoms with Crippen molar-refractivity contribution in [1.29, 1.82) is 0 Å². The molecule has 36 heavy (non-hydrogen) atoms. The van der Waals surface area contributed by atoms with Crippen molar-refractivity contribution in [3.05, 3.63) is 126 Å². The van der Waals surface area contributed by atoms with Crippen LogP contribution in [0.4, 0.5) is 0 Å². The average molecular weight is 494 g/mol. The molecule has 6 nitrogen and oxygen atoms in total. The number of carboxylic acids is 1. The Hall–Kier alpha value is -4.23. The van der Waals surface area contributed by atoms with Crippen LogP contribution in [0.2, 0.25) is 0 Å². The summed E-state index contributed by atoms with van der Waals surface area (Å²) in [5.74, 6) is -0.472. The summed E-state index contributed by atoms with van der Waals surface area (Å²) in [5, 5.41) is 11.1. The first-order valence-electron chi connectivity index (χ1n) is 11.6. The number of ether oxygens (including phenoxy) is 1. The minimum atomic E-state index is -1.23. The van der Waals surface area contributed by atoms with Gasteiger partial charge in [-0.1, -0.05) is 72.0 Å². The van der Waals surface area contributed by atoms with E-state index in [1.807, 2.05) is 36.4 Å². The summed E-state index contributed by atoms with van der Waals surface area (Å²) in [6.45, 7) is 0. The molecule has 0 unspecified atom stereocenters. The summed E-state index contributed by atoms with van der Waals surface area (Å²) in [5.41, 5.74) is 6.19. The zero-order valence-electron chi connectivity index (χ0n) is 19.4. The van der Waals surface area contributed by atoms with Gasteiger partial charge in [-0.25, -0.2) is 4.99 Å². The third kappa shape index (κ3) is 3.69. The van der Waals surface area contributed by atoms with Gasteiger partial charge in [0.05, 0.1) is 29.4 Å². The van der Waals surface area contributed by atoms with E-state index in [4.69, 9.17) is 9.73 Å². The molecule has 1 aliphatic carbocycles. The van der Waals surface area contributed by atoms with Crippen LogP contribution in [0.25, 0.3) is 11.8 Å². The van der Waals surface area contributed by atoms with Crippen LogP contribution in [0.1, 0.15) is 45.1 Å². The fourth-order valence-corrected chi connectivity index (χ4v) is 5.98. The first kappa shape index (κ1) is 22.2. The number of fused-ring (bicyclic) bond motifs is 3. The molecule has 0 radical (unpaired) electrons. The molecule has 2 aliphatic rings. The van der Waals surface area contributed by atoms with Crippen molar-refractivity contribution < 1.29 is 14.6 Å². The van der Waals surface area contributed by atoms with Crippen molar-refractivity contribution in [2.24, 2.45) is 4.99 Å². The molecule has 3 aromatic carbocycles. The van der Waals surface area contributed by atoms with Gasteiger partial charge < -0.3 is 14.6 Å². The highest BCUT2D eigenvalue weighted by Gasteiger charge is 2.32. The molecule has 1 aliphatic heterocycles. The van der Waals surface area contributed by atoms with E-state index in [1.54, 1.807) is 29.9 Å². The lowest BCUT2D eigenvalue weighted by Gasteiger charge is -2.30. The summed E-state index contributed by atoms with van der Waals surface area (Å²) >= 11 is 1.34. The first-order chi connectivity index (χ1) is 17.5. The van der Waals surface area contributed by atoms with Crippen molar-refractivity contribution in [1.82, 2.24) is 4.57 Å². The number of nitrogens with zero attached hydrogens (tertiary/aromatic N) is 2. The van der Waals surface area contributed by atoms with E-state index in [0.29, 0.717) is 9.33 Å². The maximum absolute atomic E-state index is 13.8. The van der Waals surface area contributed by atoms with E-state index in [0.717, 1.165) is 46.6 Å². The van der Waals surface area contributed by atoms with Crippen molar-refractivity contribution in [2.75, 3.05) is 7.11 Å². The van der Waals surface area contributed by atoms with Crippen molar-refractivity contribution in [2.45, 2.75) is 18.9 Å². The zero-order chi connectivity index (χ0) is 24.8. The summed E-state index contributed by atoms with van der Waals surface area (Å²) in [4.78, 5) is 30.5. The van der Waals surface area contributed by atoms with Gasteiger partial charge >= 0.3 is 0 Å². The number of aromatic carboxylic acids is 1. The Morgan fingerprint density at radius 2 is 1.81 bits per heavy atom. The number of carbonyl (C=O) groups excluding carboxylic acids is 1. The summed E-state index contributed by atoms with van der Waals surface area (Å²) in [7, 11) is 1.64. The second-order valence-corrected chi connectivity index (χ2v) is 9.81. The molecular formula is C29H21N2O4S-. The molecule has 0 saturated carbocycles. The summed E-state index contributed by atoms with van der Waals surface area (Å²) < 4.78 is 7.69. The van der Waals surface area contributed by atoms with Gasteiger partial charge in [-0.15, -0.1) is 0 Å². The van der Waals surface area contributed by atoms with E-state index in [1.165, 1.54) is 29.0 Å². The molecule has 4 aromatic rings. The monoisotopic (exact) mass is 493 g/mol. The minimum Gasteiger partial charge on any atom is -0.545 e. The Morgan fingerprint density at radius 3 is 2.53 bits per heavy atom. The fraction of sp³-hybridized carbons (Fsp3) is 0.138. The molecule has 7 heteroatoms. The highest BCUT2D eigenvalue weighted by molar-refractivity contribution is 7.07. The molecule has 0 bridgehead atoms. The van der Waals surface area contributed by atoms with Crippen molar-refractivity contribution >= 4 is 29.1 Å². The maximum atomic E-state index is 13.8. The molecule has 0 fully saturated rings. The number of carboxylic acid groups (broad SMARTS) is 1. The standard InChI is InChI=1S/C29H22N2O4S/c1-35-21-13-10-19(11-14-21)26-23-15-12-18-4-2-3-5-22(18)25(23)30-29-31(26)27(32)24(36-29)16-17-6-8-20(9-7-17)28(33)34/h2-11,13-14,16,26H,12,15H2,1H3,(H,33,34)/p-1/b24-16+/t26-/m1/s1. The van der Waals surface area contributed by atoms with Gasteiger partial charge in [0.15, 0.2) is 4.80 Å². The van der Waals surface area contributed by atoms with E-state index < -0.39 is 5.97 Å². The highest BCUT2D eigenvalue weighted by atomic mass is 32.1. The van der Waals surface area contributed by atoms with Crippen molar-refractivity contribution in [3.8, 4) is 5.75 Å². The Labute approximate surface area is 210 Å². The van der Waals surface area contributed by atoms with Crippen LogP contribution in [0.5, 0.6) is 5.75 Å². The lowest BCUT2D eigenvalue weighted by atomic mass is 9.83. The Balaban J connectivity index is 1.56. The van der Waals surface area contributed by atoms with E-state index >= 15 is 0 Å². The van der Waals surface area contributed by atoms with Gasteiger partial charge in [0.2, 0.25) is 0 Å². The van der Waals surface area contributed by atoms with Crippen LogP contribution in [-0.2, 0) is 6.42 Å². The molecule has 2 heterocycles. The van der Waals surface area contributed by atoms with Gasteiger partial charge in [0, 0.05) is 5.56 Å². The number of allylic oxidation sites excluding steroid dienone is 1. The predicted molar refractivity (Wildman–Crippen MR) is 137 cm³/mol. The lowest BCUT2D eigenvalue weighted by molar-refractivity contribution is -0.255. The molecule has 0 amide bonds. The number of methoxy groups -OCH3 is 1. The van der Waals surface area contributed by atoms with E-state index in [2.05, 4.69) is 12.1 Å². The molecular weight excluding hydrogens is 472 g/mol. The Morgan fingerprint density at radius 1 is 1.06 bits per heavy atom. The van der Waals surface area contributed by atoms with Gasteiger partial charge in [-0.05, 0) is 58.9 Å². The number of rotatable bonds is 4. The SMILES string of the molecule is COc1ccc([C@@H]2C3=C(N=c4s/c(=C/c5ccc(C(=O)[O-])cc5)c(=O)n42)c2ccccc2CC3)cc1. The first-order valence-corrected chi connectivity index (χ1v) is 12.4. The number of aryl methyl sites for hydroxylation is 1. The fourth-order valence-electron chi connectivity index (χ4n) is 4.98. The largest absolute Gasteiger partial charge is 0.545 e. The third-order valence-corrected chi connectivity index (χ3v) is 7.73. The van der Waals surface area contributed by atoms with E-state index in [9.17, 15) is 14.7 Å². The number of thiazole rings is 1. The predicted octanol–water partition coefficient (Wildman–Crippen LogP) is 2.69. The van der Waals surface area contributed by atoms with Crippen LogP contribution in [0, 0.1) is 0 Å². The maximum Gasteiger partial charge on any atom is 0.271 e. The molecule has 0 N–H and O–H groups in total. The van der Waals surface area contributed by atoms with Crippen LogP contribution in [0.15, 0.2) is 88.2 Å². The molecule has 178 valence electrons. The number of hydrogen-bond donors (Lipinski definition) is 0. The van der Waals surface area contributed by atoms with Crippen LogP contribution in [0.3, 0.4) is 0 Å². The molecule has 1 aromatic heterocycles. The second-order valence-electron chi connectivity index (χ2n) is 8.80. The topological polar surface area (TPSA) is 83.7 Å². The normalized spacial score (nSPS) is 16.6. The Kier molecular flexibility index (Phi) is 5.42. The van der Waals surface area contributed by atoms with Crippen molar-refractivity contribution in [3.63, 3.8) is 0 Å². The number of carbonyl (C=O) groups is 1. The number of aromatic nitrogens is 1. The van der Waals surface area contributed by atoms with E-state index in [-0.39, 0.29) is 17.2 Å². The smallest absolute Gasteiger partial charge is 0.271 e. The summed E-state index contributed by atoms with van der Waals surface area (Å²) in [6.07, 6.45) is 3.50.